The molecule has 0 amide bonds. The third kappa shape index (κ3) is 3.41. The Bertz CT molecular complexity index is 624. The number of halogens is 3. The monoisotopic (exact) mass is 389 g/mol. The van der Waals surface area contributed by atoms with Crippen LogP contribution in [0.4, 0.5) is 14.6 Å². The predicted octanol–water partition coefficient (Wildman–Crippen LogP) is 3.66. The smallest absolute Gasteiger partial charge is 0.140 e. The third-order valence-corrected chi connectivity index (χ3v) is 3.89. The van der Waals surface area contributed by atoms with Crippen LogP contribution < -0.4 is 5.73 Å². The predicted molar refractivity (Wildman–Crippen MR) is 82.4 cm³/mol. The Morgan fingerprint density at radius 3 is 2.30 bits per heavy atom. The van der Waals surface area contributed by atoms with Gasteiger partial charge in [0.15, 0.2) is 0 Å². The molecule has 3 nitrogen and oxygen atoms in total. The number of rotatable bonds is 3. The van der Waals surface area contributed by atoms with E-state index >= 15 is 0 Å². The fraction of sp³-hybridized carbons (Fsp3) is 0.286. The van der Waals surface area contributed by atoms with Crippen molar-refractivity contribution in [3.05, 3.63) is 50.5 Å². The number of nitrogen functional groups attached to an aromatic ring is 1. The molecule has 1 aromatic carbocycles. The van der Waals surface area contributed by atoms with Gasteiger partial charge in [-0.25, -0.2) is 18.7 Å². The molecule has 1 heterocycles. The van der Waals surface area contributed by atoms with Crippen molar-refractivity contribution < 1.29 is 8.78 Å². The van der Waals surface area contributed by atoms with Gasteiger partial charge >= 0.3 is 0 Å². The number of benzene rings is 1. The zero-order chi connectivity index (χ0) is 14.9. The lowest BCUT2D eigenvalue weighted by molar-refractivity contribution is 0.580. The van der Waals surface area contributed by atoms with Crippen LogP contribution in [-0.4, -0.2) is 9.97 Å². The van der Waals surface area contributed by atoms with Crippen LogP contribution >= 0.6 is 22.6 Å². The molecular formula is C14H14F2IN3. The average molecular weight is 389 g/mol. The van der Waals surface area contributed by atoms with Crippen molar-refractivity contribution in [1.29, 1.82) is 0 Å². The highest BCUT2D eigenvalue weighted by Gasteiger charge is 2.13. The Morgan fingerprint density at radius 2 is 1.75 bits per heavy atom. The minimum absolute atomic E-state index is 0.204. The Kier molecular flexibility index (Phi) is 4.52. The summed E-state index contributed by atoms with van der Waals surface area (Å²) in [6, 6.07) is 3.39. The SMILES string of the molecule is CC(C)c1nc(Cc2cc(F)cc(F)c2)nc(N)c1I. The highest BCUT2D eigenvalue weighted by atomic mass is 127. The Morgan fingerprint density at radius 1 is 1.15 bits per heavy atom. The fourth-order valence-corrected chi connectivity index (χ4v) is 2.75. The minimum Gasteiger partial charge on any atom is -0.383 e. The lowest BCUT2D eigenvalue weighted by Gasteiger charge is -2.11. The van der Waals surface area contributed by atoms with Gasteiger partial charge in [-0.15, -0.1) is 0 Å². The molecule has 0 aliphatic heterocycles. The van der Waals surface area contributed by atoms with Gasteiger partial charge in [-0.2, -0.15) is 0 Å². The molecule has 0 aliphatic carbocycles. The average Bonchev–Trinajstić information content (AvgIpc) is 2.31. The van der Waals surface area contributed by atoms with Crippen LogP contribution in [0.1, 0.15) is 36.8 Å². The van der Waals surface area contributed by atoms with Crippen molar-refractivity contribution in [1.82, 2.24) is 9.97 Å². The lowest BCUT2D eigenvalue weighted by Crippen LogP contribution is -2.09. The van der Waals surface area contributed by atoms with E-state index in [1.807, 2.05) is 13.8 Å². The number of hydrogen-bond donors (Lipinski definition) is 1. The van der Waals surface area contributed by atoms with Gasteiger partial charge in [0, 0.05) is 12.5 Å². The quantitative estimate of drug-likeness (QED) is 0.816. The van der Waals surface area contributed by atoms with Gasteiger partial charge in [-0.3, -0.25) is 0 Å². The molecule has 1 aromatic heterocycles. The molecule has 0 saturated heterocycles. The molecule has 2 rings (SSSR count). The van der Waals surface area contributed by atoms with Gasteiger partial charge in [-0.1, -0.05) is 13.8 Å². The minimum atomic E-state index is -0.609. The van der Waals surface area contributed by atoms with E-state index in [-0.39, 0.29) is 12.3 Å². The molecule has 0 radical (unpaired) electrons. The van der Waals surface area contributed by atoms with Crippen molar-refractivity contribution in [3.63, 3.8) is 0 Å². The van der Waals surface area contributed by atoms with Crippen LogP contribution in [0.15, 0.2) is 18.2 Å². The van der Waals surface area contributed by atoms with Gasteiger partial charge in [0.1, 0.15) is 23.3 Å². The molecule has 0 fully saturated rings. The van der Waals surface area contributed by atoms with Crippen LogP contribution in [0.5, 0.6) is 0 Å². The molecule has 2 aromatic rings. The molecule has 0 saturated carbocycles. The molecule has 0 aliphatic rings. The van der Waals surface area contributed by atoms with E-state index in [0.29, 0.717) is 17.2 Å². The summed E-state index contributed by atoms with van der Waals surface area (Å²) < 4.78 is 27.2. The second-order valence-corrected chi connectivity index (χ2v) is 5.91. The fourth-order valence-electron chi connectivity index (χ4n) is 1.89. The van der Waals surface area contributed by atoms with E-state index in [4.69, 9.17) is 5.73 Å². The van der Waals surface area contributed by atoms with Crippen LogP contribution in [0.25, 0.3) is 0 Å². The molecule has 106 valence electrons. The highest BCUT2D eigenvalue weighted by Crippen LogP contribution is 2.24. The zero-order valence-electron chi connectivity index (χ0n) is 11.1. The van der Waals surface area contributed by atoms with Crippen molar-refractivity contribution in [2.45, 2.75) is 26.2 Å². The first kappa shape index (κ1) is 15.1. The highest BCUT2D eigenvalue weighted by molar-refractivity contribution is 14.1. The van der Waals surface area contributed by atoms with Gasteiger partial charge in [0.05, 0.1) is 9.26 Å². The van der Waals surface area contributed by atoms with Gasteiger partial charge in [0.25, 0.3) is 0 Å². The Hall–Kier alpha value is -1.31. The summed E-state index contributed by atoms with van der Waals surface area (Å²) in [4.78, 5) is 8.63. The van der Waals surface area contributed by atoms with Crippen molar-refractivity contribution in [3.8, 4) is 0 Å². The molecule has 0 spiro atoms. The van der Waals surface area contributed by atoms with Crippen LogP contribution in [0.2, 0.25) is 0 Å². The second kappa shape index (κ2) is 5.99. The standard InChI is InChI=1S/C14H14F2IN3/c1-7(2)13-12(17)14(18)20-11(19-13)5-8-3-9(15)6-10(16)4-8/h3-4,6-7H,5H2,1-2H3,(H2,18,19,20). The van der Waals surface area contributed by atoms with Crippen molar-refractivity contribution >= 4 is 28.4 Å². The van der Waals surface area contributed by atoms with Gasteiger partial charge < -0.3 is 5.73 Å². The second-order valence-electron chi connectivity index (χ2n) is 4.83. The van der Waals surface area contributed by atoms with Crippen molar-refractivity contribution in [2.75, 3.05) is 5.73 Å². The number of nitrogens with zero attached hydrogens (tertiary/aromatic N) is 2. The number of hydrogen-bond acceptors (Lipinski definition) is 3. The van der Waals surface area contributed by atoms with E-state index in [1.165, 1.54) is 12.1 Å². The zero-order valence-corrected chi connectivity index (χ0v) is 13.3. The van der Waals surface area contributed by atoms with Crippen molar-refractivity contribution in [2.24, 2.45) is 0 Å². The van der Waals surface area contributed by atoms with E-state index in [1.54, 1.807) is 0 Å². The topological polar surface area (TPSA) is 51.8 Å². The molecular weight excluding hydrogens is 375 g/mol. The van der Waals surface area contributed by atoms with Crippen LogP contribution in [-0.2, 0) is 6.42 Å². The summed E-state index contributed by atoms with van der Waals surface area (Å²) in [7, 11) is 0. The molecule has 20 heavy (non-hydrogen) atoms. The first-order valence-electron chi connectivity index (χ1n) is 6.13. The van der Waals surface area contributed by atoms with Crippen LogP contribution in [0.3, 0.4) is 0 Å². The molecule has 2 N–H and O–H groups in total. The molecule has 0 bridgehead atoms. The summed E-state index contributed by atoms with van der Waals surface area (Å²) in [5.74, 6) is -0.145. The molecule has 6 heteroatoms. The number of nitrogens with two attached hydrogens (primary N) is 1. The maximum Gasteiger partial charge on any atom is 0.140 e. The first-order chi connectivity index (χ1) is 9.36. The summed E-state index contributed by atoms with van der Waals surface area (Å²) in [6.45, 7) is 4.02. The number of anilines is 1. The van der Waals surface area contributed by atoms with E-state index in [9.17, 15) is 8.78 Å². The molecule has 0 atom stereocenters. The van der Waals surface area contributed by atoms with E-state index in [2.05, 4.69) is 32.6 Å². The van der Waals surface area contributed by atoms with Gasteiger partial charge in [-0.05, 0) is 46.2 Å². The van der Waals surface area contributed by atoms with Crippen LogP contribution in [0, 0.1) is 15.2 Å². The maximum absolute atomic E-state index is 13.2. The lowest BCUT2D eigenvalue weighted by atomic mass is 10.1. The van der Waals surface area contributed by atoms with E-state index < -0.39 is 11.6 Å². The summed E-state index contributed by atoms with van der Waals surface area (Å²) in [6.07, 6.45) is 0.246. The number of aromatic nitrogens is 2. The Labute approximate surface area is 129 Å². The summed E-state index contributed by atoms with van der Waals surface area (Å²) >= 11 is 2.11. The largest absolute Gasteiger partial charge is 0.383 e. The summed E-state index contributed by atoms with van der Waals surface area (Å²) in [5, 5.41) is 0. The Balaban J connectivity index is 2.38. The molecule has 0 unspecified atom stereocenters. The third-order valence-electron chi connectivity index (χ3n) is 2.78. The first-order valence-corrected chi connectivity index (χ1v) is 7.21. The maximum atomic E-state index is 13.2. The van der Waals surface area contributed by atoms with E-state index in [0.717, 1.165) is 15.3 Å². The van der Waals surface area contributed by atoms with Gasteiger partial charge in [0.2, 0.25) is 0 Å². The normalized spacial score (nSPS) is 11.1. The summed E-state index contributed by atoms with van der Waals surface area (Å²) in [5.41, 5.74) is 7.20.